The summed E-state index contributed by atoms with van der Waals surface area (Å²) in [5, 5.41) is 18.9. The maximum atomic E-state index is 9.43. The Kier molecular flexibility index (Phi) is 3.76. The van der Waals surface area contributed by atoms with Crippen molar-refractivity contribution in [1.29, 1.82) is 0 Å². The van der Waals surface area contributed by atoms with E-state index in [1.807, 2.05) is 54.6 Å². The minimum atomic E-state index is -1.64. The van der Waals surface area contributed by atoms with Gasteiger partial charge in [0.05, 0.1) is 6.85 Å². The Hall–Kier alpha value is -3.34. The zero-order chi connectivity index (χ0) is 23.7. The highest BCUT2D eigenvalue weighted by atomic mass is 16.4. The first-order valence-corrected chi connectivity index (χ1v) is 8.78. The SMILES string of the molecule is [2H]c1c([2H])c([2H])c(N(c2ccc(B(O)O)cc2)c2ccc(-c3ccccc3)cc2)c([2H])c1[2H]. The summed E-state index contributed by atoms with van der Waals surface area (Å²) >= 11 is 0. The zero-order valence-corrected chi connectivity index (χ0v) is 14.9. The molecule has 0 aromatic heterocycles. The van der Waals surface area contributed by atoms with Crippen LogP contribution in [0.2, 0.25) is 0 Å². The lowest BCUT2D eigenvalue weighted by Crippen LogP contribution is -2.29. The lowest BCUT2D eigenvalue weighted by molar-refractivity contribution is 0.426. The summed E-state index contributed by atoms with van der Waals surface area (Å²) in [6.45, 7) is 0. The molecule has 0 aliphatic heterocycles. The van der Waals surface area contributed by atoms with E-state index in [0.717, 1.165) is 11.1 Å². The van der Waals surface area contributed by atoms with Crippen LogP contribution in [0.15, 0.2) is 109 Å². The highest BCUT2D eigenvalue weighted by Gasteiger charge is 2.15. The van der Waals surface area contributed by atoms with Crippen molar-refractivity contribution in [2.24, 2.45) is 0 Å². The van der Waals surface area contributed by atoms with Crippen LogP contribution >= 0.6 is 0 Å². The minimum Gasteiger partial charge on any atom is -0.423 e. The summed E-state index contributed by atoms with van der Waals surface area (Å²) in [7, 11) is -1.64. The van der Waals surface area contributed by atoms with Gasteiger partial charge in [0.1, 0.15) is 0 Å². The Morgan fingerprint density at radius 3 is 1.71 bits per heavy atom. The van der Waals surface area contributed by atoms with Gasteiger partial charge in [-0.3, -0.25) is 0 Å². The Balaban J connectivity index is 1.90. The van der Waals surface area contributed by atoms with E-state index in [4.69, 9.17) is 6.85 Å². The molecule has 0 unspecified atom stereocenters. The topological polar surface area (TPSA) is 43.7 Å². The van der Waals surface area contributed by atoms with Gasteiger partial charge in [0, 0.05) is 17.1 Å². The Morgan fingerprint density at radius 1 is 0.607 bits per heavy atom. The summed E-state index contributed by atoms with van der Waals surface area (Å²) in [5.74, 6) is 0. The third-order valence-electron chi connectivity index (χ3n) is 4.39. The predicted molar refractivity (Wildman–Crippen MR) is 116 cm³/mol. The Labute approximate surface area is 172 Å². The van der Waals surface area contributed by atoms with Crippen LogP contribution in [0.4, 0.5) is 17.1 Å². The third kappa shape index (κ3) is 3.84. The first-order chi connectivity index (χ1) is 15.8. The van der Waals surface area contributed by atoms with Crippen molar-refractivity contribution in [1.82, 2.24) is 0 Å². The summed E-state index contributed by atoms with van der Waals surface area (Å²) in [5.41, 5.74) is 3.37. The fourth-order valence-electron chi connectivity index (χ4n) is 2.99. The van der Waals surface area contributed by atoms with Crippen LogP contribution in [-0.4, -0.2) is 17.2 Å². The van der Waals surface area contributed by atoms with Gasteiger partial charge in [0.25, 0.3) is 0 Å². The second-order valence-electron chi connectivity index (χ2n) is 6.19. The smallest absolute Gasteiger partial charge is 0.423 e. The van der Waals surface area contributed by atoms with E-state index in [0.29, 0.717) is 11.4 Å². The second-order valence-corrected chi connectivity index (χ2v) is 6.19. The quantitative estimate of drug-likeness (QED) is 0.509. The molecule has 136 valence electrons. The lowest BCUT2D eigenvalue weighted by atomic mass is 9.80. The molecule has 4 aromatic carbocycles. The van der Waals surface area contributed by atoms with Crippen molar-refractivity contribution in [2.75, 3.05) is 4.90 Å². The van der Waals surface area contributed by atoms with Gasteiger partial charge in [0.2, 0.25) is 0 Å². The molecule has 2 N–H and O–H groups in total. The zero-order valence-electron chi connectivity index (χ0n) is 19.9. The highest BCUT2D eigenvalue weighted by Crippen LogP contribution is 2.35. The summed E-state index contributed by atoms with van der Waals surface area (Å²) in [6.07, 6.45) is 0. The average Bonchev–Trinajstić information content (AvgIpc) is 2.85. The molecular formula is C24H20BNO2. The fraction of sp³-hybridized carbons (Fsp3) is 0. The van der Waals surface area contributed by atoms with Crippen LogP contribution in [-0.2, 0) is 0 Å². The molecule has 0 radical (unpaired) electrons. The van der Waals surface area contributed by atoms with Crippen LogP contribution in [0.1, 0.15) is 6.85 Å². The number of nitrogens with zero attached hydrogens (tertiary/aromatic N) is 1. The molecule has 4 heteroatoms. The monoisotopic (exact) mass is 370 g/mol. The van der Waals surface area contributed by atoms with Crippen LogP contribution in [0, 0.1) is 0 Å². The molecule has 0 heterocycles. The first kappa shape index (κ1) is 12.9. The minimum absolute atomic E-state index is 0.00533. The molecule has 0 aliphatic rings. The van der Waals surface area contributed by atoms with Gasteiger partial charge in [-0.15, -0.1) is 0 Å². The Morgan fingerprint density at radius 2 is 1.14 bits per heavy atom. The van der Waals surface area contributed by atoms with Gasteiger partial charge >= 0.3 is 7.12 Å². The highest BCUT2D eigenvalue weighted by molar-refractivity contribution is 6.58. The molecule has 4 aromatic rings. The fourth-order valence-corrected chi connectivity index (χ4v) is 2.99. The van der Waals surface area contributed by atoms with Crippen molar-refractivity contribution in [3.8, 4) is 11.1 Å². The van der Waals surface area contributed by atoms with Crippen LogP contribution in [0.5, 0.6) is 0 Å². The van der Waals surface area contributed by atoms with E-state index in [2.05, 4.69) is 0 Å². The number of rotatable bonds is 5. The van der Waals surface area contributed by atoms with Crippen molar-refractivity contribution < 1.29 is 16.9 Å². The molecule has 0 fully saturated rings. The van der Waals surface area contributed by atoms with Gasteiger partial charge in [-0.05, 0) is 52.9 Å². The summed E-state index contributed by atoms with van der Waals surface area (Å²) < 4.78 is 41.0. The maximum Gasteiger partial charge on any atom is 0.488 e. The van der Waals surface area contributed by atoms with E-state index >= 15 is 0 Å². The third-order valence-corrected chi connectivity index (χ3v) is 4.39. The molecule has 0 atom stereocenters. The van der Waals surface area contributed by atoms with E-state index in [9.17, 15) is 10.0 Å². The van der Waals surface area contributed by atoms with Crippen molar-refractivity contribution in [2.45, 2.75) is 0 Å². The van der Waals surface area contributed by atoms with Crippen LogP contribution in [0.3, 0.4) is 0 Å². The summed E-state index contributed by atoms with van der Waals surface area (Å²) in [6, 6.07) is 21.5. The molecule has 0 aliphatic carbocycles. The van der Waals surface area contributed by atoms with Crippen LogP contribution in [0.25, 0.3) is 11.1 Å². The van der Waals surface area contributed by atoms with Crippen molar-refractivity contribution >= 4 is 29.6 Å². The molecule has 0 amide bonds. The van der Waals surface area contributed by atoms with Gasteiger partial charge in [0.15, 0.2) is 0 Å². The molecule has 4 rings (SSSR count). The number of para-hydroxylation sites is 1. The van der Waals surface area contributed by atoms with Gasteiger partial charge < -0.3 is 14.9 Å². The number of hydrogen-bond donors (Lipinski definition) is 2. The van der Waals surface area contributed by atoms with Gasteiger partial charge in [-0.2, -0.15) is 0 Å². The van der Waals surface area contributed by atoms with E-state index in [1.165, 1.54) is 12.1 Å². The molecule has 28 heavy (non-hydrogen) atoms. The molecule has 0 saturated carbocycles. The lowest BCUT2D eigenvalue weighted by Gasteiger charge is -2.26. The Bertz CT molecular complexity index is 1250. The maximum absolute atomic E-state index is 9.43. The standard InChI is InChI=1S/C24H20BNO2/c27-25(28)21-13-17-24(18-14-21)26(22-9-5-2-6-10-22)23-15-11-20(12-16-23)19-7-3-1-4-8-19/h1-18,27-28H/i2D,5D,6D,9D,10D. The number of benzene rings is 4. The predicted octanol–water partition coefficient (Wildman–Crippen LogP) is 4.50. The van der Waals surface area contributed by atoms with E-state index < -0.39 is 25.2 Å². The van der Waals surface area contributed by atoms with Gasteiger partial charge in [-0.1, -0.05) is 72.7 Å². The largest absolute Gasteiger partial charge is 0.488 e. The first-order valence-electron chi connectivity index (χ1n) is 11.3. The number of hydrogen-bond acceptors (Lipinski definition) is 3. The van der Waals surface area contributed by atoms with Crippen LogP contribution < -0.4 is 10.4 Å². The van der Waals surface area contributed by atoms with Gasteiger partial charge in [-0.25, -0.2) is 0 Å². The molecule has 0 spiro atoms. The molecular weight excluding hydrogens is 345 g/mol. The molecule has 3 nitrogen and oxygen atoms in total. The van der Waals surface area contributed by atoms with Crippen molar-refractivity contribution in [3.05, 3.63) is 109 Å². The second kappa shape index (κ2) is 8.13. The number of anilines is 3. The van der Waals surface area contributed by atoms with Crippen molar-refractivity contribution in [3.63, 3.8) is 0 Å². The average molecular weight is 370 g/mol. The van der Waals surface area contributed by atoms with E-state index in [1.54, 1.807) is 17.0 Å². The van der Waals surface area contributed by atoms with E-state index in [-0.39, 0.29) is 23.2 Å². The molecule has 0 saturated heterocycles. The molecule has 0 bridgehead atoms. The normalized spacial score (nSPS) is 13.0. The summed E-state index contributed by atoms with van der Waals surface area (Å²) in [4.78, 5) is 1.57.